The van der Waals surface area contributed by atoms with Crippen molar-refractivity contribution in [3.8, 4) is 5.75 Å². The fourth-order valence-corrected chi connectivity index (χ4v) is 2.94. The second-order valence-corrected chi connectivity index (χ2v) is 6.38. The molecule has 26 heavy (non-hydrogen) atoms. The van der Waals surface area contributed by atoms with E-state index in [2.05, 4.69) is 35.5 Å². The molecule has 0 atom stereocenters. The van der Waals surface area contributed by atoms with E-state index in [1.165, 1.54) is 11.1 Å². The Hall–Kier alpha value is -3.08. The van der Waals surface area contributed by atoms with Crippen LogP contribution < -0.4 is 10.1 Å². The summed E-state index contributed by atoms with van der Waals surface area (Å²) < 4.78 is 7.05. The lowest BCUT2D eigenvalue weighted by molar-refractivity contribution is 0.102. The molecule has 3 aromatic rings. The van der Waals surface area contributed by atoms with E-state index in [4.69, 9.17) is 4.74 Å². The van der Waals surface area contributed by atoms with E-state index in [0.717, 1.165) is 22.8 Å². The molecule has 0 unspecified atom stereocenters. The van der Waals surface area contributed by atoms with Gasteiger partial charge in [0.1, 0.15) is 5.75 Å². The third-order valence-electron chi connectivity index (χ3n) is 4.39. The van der Waals surface area contributed by atoms with Crippen LogP contribution in [-0.2, 0) is 6.54 Å². The molecule has 1 N–H and O–H groups in total. The maximum atomic E-state index is 12.5. The van der Waals surface area contributed by atoms with Gasteiger partial charge in [0, 0.05) is 5.56 Å². The van der Waals surface area contributed by atoms with Gasteiger partial charge in [-0.05, 0) is 50.6 Å². The molecule has 0 spiro atoms. The Labute approximate surface area is 153 Å². The molecule has 1 heterocycles. The predicted octanol–water partition coefficient (Wildman–Crippen LogP) is 4.12. The van der Waals surface area contributed by atoms with Crippen LogP contribution in [0.4, 0.5) is 5.69 Å². The maximum Gasteiger partial charge on any atom is 0.255 e. The van der Waals surface area contributed by atoms with Crippen LogP contribution in [0.5, 0.6) is 5.75 Å². The van der Waals surface area contributed by atoms with E-state index in [1.54, 1.807) is 31.4 Å². The molecule has 0 aliphatic heterocycles. The number of nitrogens with zero attached hydrogens (tertiary/aromatic N) is 2. The number of rotatable bonds is 5. The highest BCUT2D eigenvalue weighted by Crippen LogP contribution is 2.22. The van der Waals surface area contributed by atoms with E-state index in [-0.39, 0.29) is 5.91 Å². The molecule has 134 valence electrons. The number of hydrogen-bond donors (Lipinski definition) is 1. The van der Waals surface area contributed by atoms with Crippen molar-refractivity contribution in [2.75, 3.05) is 12.4 Å². The van der Waals surface area contributed by atoms with Gasteiger partial charge in [-0.2, -0.15) is 5.10 Å². The quantitative estimate of drug-likeness (QED) is 0.754. The fraction of sp³-hybridized carbons (Fsp3) is 0.238. The summed E-state index contributed by atoms with van der Waals surface area (Å²) in [5.41, 5.74) is 5.48. The maximum absolute atomic E-state index is 12.5. The van der Waals surface area contributed by atoms with Crippen molar-refractivity contribution in [2.24, 2.45) is 0 Å². The second kappa shape index (κ2) is 7.44. The summed E-state index contributed by atoms with van der Waals surface area (Å²) in [5.74, 6) is 0.564. The zero-order valence-corrected chi connectivity index (χ0v) is 15.5. The van der Waals surface area contributed by atoms with Crippen LogP contribution >= 0.6 is 0 Å². The van der Waals surface area contributed by atoms with E-state index >= 15 is 0 Å². The van der Waals surface area contributed by atoms with Gasteiger partial charge in [-0.3, -0.25) is 9.48 Å². The van der Waals surface area contributed by atoms with Crippen molar-refractivity contribution in [2.45, 2.75) is 27.3 Å². The molecule has 1 amide bonds. The Bertz CT molecular complexity index is 927. The van der Waals surface area contributed by atoms with Crippen molar-refractivity contribution < 1.29 is 9.53 Å². The monoisotopic (exact) mass is 349 g/mol. The SMILES string of the molecule is COc1ccc(C(=O)Nc2c(C)nn(Cc3cccc(C)c3)c2C)cc1. The van der Waals surface area contributed by atoms with E-state index in [0.29, 0.717) is 12.1 Å². The van der Waals surface area contributed by atoms with Gasteiger partial charge >= 0.3 is 0 Å². The van der Waals surface area contributed by atoms with Crippen LogP contribution in [0.3, 0.4) is 0 Å². The largest absolute Gasteiger partial charge is 0.497 e. The van der Waals surface area contributed by atoms with Crippen molar-refractivity contribution in [1.82, 2.24) is 9.78 Å². The molecule has 0 saturated heterocycles. The minimum absolute atomic E-state index is 0.158. The number of aromatic nitrogens is 2. The van der Waals surface area contributed by atoms with Gasteiger partial charge < -0.3 is 10.1 Å². The molecule has 1 aromatic heterocycles. The Kier molecular flexibility index (Phi) is 5.07. The Morgan fingerprint density at radius 2 is 1.85 bits per heavy atom. The summed E-state index contributed by atoms with van der Waals surface area (Å²) >= 11 is 0. The molecule has 0 radical (unpaired) electrons. The van der Waals surface area contributed by atoms with Crippen LogP contribution in [0.2, 0.25) is 0 Å². The summed E-state index contributed by atoms with van der Waals surface area (Å²) in [5, 5.41) is 7.58. The fourth-order valence-electron chi connectivity index (χ4n) is 2.94. The summed E-state index contributed by atoms with van der Waals surface area (Å²) in [4.78, 5) is 12.5. The molecule has 0 aliphatic rings. The third kappa shape index (κ3) is 3.77. The lowest BCUT2D eigenvalue weighted by Gasteiger charge is -2.08. The topological polar surface area (TPSA) is 56.1 Å². The molecule has 0 aliphatic carbocycles. The zero-order valence-electron chi connectivity index (χ0n) is 15.5. The standard InChI is InChI=1S/C21H23N3O2/c1-14-6-5-7-17(12-14)13-24-16(3)20(15(2)23-24)22-21(25)18-8-10-19(26-4)11-9-18/h5-12H,13H2,1-4H3,(H,22,25). The summed E-state index contributed by atoms with van der Waals surface area (Å²) in [7, 11) is 1.60. The van der Waals surface area contributed by atoms with Crippen LogP contribution in [0.1, 0.15) is 32.9 Å². The molecular weight excluding hydrogens is 326 g/mol. The Morgan fingerprint density at radius 1 is 1.12 bits per heavy atom. The second-order valence-electron chi connectivity index (χ2n) is 6.38. The van der Waals surface area contributed by atoms with Crippen molar-refractivity contribution in [3.05, 3.63) is 76.6 Å². The van der Waals surface area contributed by atoms with E-state index < -0.39 is 0 Å². The van der Waals surface area contributed by atoms with Gasteiger partial charge in [-0.15, -0.1) is 0 Å². The van der Waals surface area contributed by atoms with Gasteiger partial charge in [0.15, 0.2) is 0 Å². The number of carbonyl (C=O) groups is 1. The van der Waals surface area contributed by atoms with Gasteiger partial charge in [0.2, 0.25) is 0 Å². The van der Waals surface area contributed by atoms with Crippen LogP contribution in [0.15, 0.2) is 48.5 Å². The molecule has 0 fully saturated rings. The van der Waals surface area contributed by atoms with Crippen LogP contribution in [0.25, 0.3) is 0 Å². The highest BCUT2D eigenvalue weighted by Gasteiger charge is 2.15. The molecule has 0 bridgehead atoms. The minimum atomic E-state index is -0.158. The average molecular weight is 349 g/mol. The number of aryl methyl sites for hydroxylation is 2. The number of ether oxygens (including phenoxy) is 1. The van der Waals surface area contributed by atoms with Gasteiger partial charge in [-0.1, -0.05) is 29.8 Å². The van der Waals surface area contributed by atoms with Crippen LogP contribution in [0, 0.1) is 20.8 Å². The van der Waals surface area contributed by atoms with Crippen molar-refractivity contribution in [1.29, 1.82) is 0 Å². The predicted molar refractivity (Wildman–Crippen MR) is 103 cm³/mol. The molecule has 5 nitrogen and oxygen atoms in total. The van der Waals surface area contributed by atoms with Gasteiger partial charge in [0.25, 0.3) is 5.91 Å². The highest BCUT2D eigenvalue weighted by atomic mass is 16.5. The number of amides is 1. The number of methoxy groups -OCH3 is 1. The smallest absolute Gasteiger partial charge is 0.255 e. The van der Waals surface area contributed by atoms with Crippen molar-refractivity contribution >= 4 is 11.6 Å². The van der Waals surface area contributed by atoms with E-state index in [9.17, 15) is 4.79 Å². The number of benzene rings is 2. The molecule has 3 rings (SSSR count). The first-order valence-electron chi connectivity index (χ1n) is 8.53. The highest BCUT2D eigenvalue weighted by molar-refractivity contribution is 6.04. The average Bonchev–Trinajstić information content (AvgIpc) is 2.89. The Morgan fingerprint density at radius 3 is 2.50 bits per heavy atom. The summed E-state index contributed by atoms with van der Waals surface area (Å²) in [6, 6.07) is 15.4. The number of nitrogens with one attached hydrogen (secondary N) is 1. The van der Waals surface area contributed by atoms with Crippen LogP contribution in [-0.4, -0.2) is 22.8 Å². The van der Waals surface area contributed by atoms with Gasteiger partial charge in [-0.25, -0.2) is 0 Å². The third-order valence-corrected chi connectivity index (χ3v) is 4.39. The minimum Gasteiger partial charge on any atom is -0.497 e. The van der Waals surface area contributed by atoms with Crippen molar-refractivity contribution in [3.63, 3.8) is 0 Å². The summed E-state index contributed by atoms with van der Waals surface area (Å²) in [6.45, 7) is 6.63. The zero-order chi connectivity index (χ0) is 18.7. The molecular formula is C21H23N3O2. The number of anilines is 1. The lowest BCUT2D eigenvalue weighted by Crippen LogP contribution is -2.13. The molecule has 5 heteroatoms. The summed E-state index contributed by atoms with van der Waals surface area (Å²) in [6.07, 6.45) is 0. The van der Waals surface area contributed by atoms with Gasteiger partial charge in [0.05, 0.1) is 30.7 Å². The normalized spacial score (nSPS) is 10.6. The molecule has 2 aromatic carbocycles. The Balaban J connectivity index is 1.80. The lowest BCUT2D eigenvalue weighted by atomic mass is 10.1. The number of hydrogen-bond acceptors (Lipinski definition) is 3. The first-order chi connectivity index (χ1) is 12.5. The first kappa shape index (κ1) is 17.7. The van der Waals surface area contributed by atoms with E-state index in [1.807, 2.05) is 24.6 Å². The number of carbonyl (C=O) groups excluding carboxylic acids is 1. The first-order valence-corrected chi connectivity index (χ1v) is 8.53. The molecule has 0 saturated carbocycles.